The molecule has 1 N–H and O–H groups in total. The van der Waals surface area contributed by atoms with Crippen LogP contribution in [-0.4, -0.2) is 54.2 Å². The summed E-state index contributed by atoms with van der Waals surface area (Å²) in [4.78, 5) is 43.9. The van der Waals surface area contributed by atoms with Gasteiger partial charge in [0.15, 0.2) is 0 Å². The highest BCUT2D eigenvalue weighted by Gasteiger charge is 2.42. The van der Waals surface area contributed by atoms with Gasteiger partial charge >= 0.3 is 5.97 Å². The minimum Gasteiger partial charge on any atom is -0.464 e. The van der Waals surface area contributed by atoms with Gasteiger partial charge in [0, 0.05) is 30.1 Å². The first-order valence-electron chi connectivity index (χ1n) is 17.4. The van der Waals surface area contributed by atoms with Crippen molar-refractivity contribution in [1.82, 2.24) is 10.2 Å². The summed E-state index contributed by atoms with van der Waals surface area (Å²) in [6.45, 7) is 8.58. The normalized spacial score (nSPS) is 19.2. The number of nitrogens with one attached hydrogen (secondary N) is 1. The van der Waals surface area contributed by atoms with Crippen LogP contribution >= 0.6 is 8.58 Å². The maximum absolute atomic E-state index is 13.9. The SMILES string of the molecule is CC/C=C1\CN(C(C)=O)C(c2ccccc2)N1c1ccc(CC(NC(=O)C2(CCCCPCCC)CCCC2)C(=O)OCC)cc1. The minimum atomic E-state index is -0.741. The molecule has 3 unspecified atom stereocenters. The number of hydrogen-bond acceptors (Lipinski definition) is 5. The van der Waals surface area contributed by atoms with Crippen molar-refractivity contribution >= 4 is 32.1 Å². The highest BCUT2D eigenvalue weighted by Crippen LogP contribution is 2.43. The summed E-state index contributed by atoms with van der Waals surface area (Å²) in [5.74, 6) is -0.347. The zero-order chi connectivity index (χ0) is 32.9. The summed E-state index contributed by atoms with van der Waals surface area (Å²) < 4.78 is 5.45. The van der Waals surface area contributed by atoms with Crippen molar-refractivity contribution in [2.45, 2.75) is 104 Å². The Balaban J connectivity index is 1.52. The Kier molecular flexibility index (Phi) is 13.7. The zero-order valence-corrected chi connectivity index (χ0v) is 29.4. The second-order valence-corrected chi connectivity index (χ2v) is 14.2. The molecule has 8 heteroatoms. The molecule has 1 saturated carbocycles. The van der Waals surface area contributed by atoms with Gasteiger partial charge in [-0.2, -0.15) is 0 Å². The molecular weight excluding hydrogens is 593 g/mol. The largest absolute Gasteiger partial charge is 0.464 e. The van der Waals surface area contributed by atoms with E-state index in [2.05, 4.69) is 54.4 Å². The number of esters is 1. The summed E-state index contributed by atoms with van der Waals surface area (Å²) in [7, 11) is 1.02. The van der Waals surface area contributed by atoms with Crippen molar-refractivity contribution in [3.05, 3.63) is 77.5 Å². The summed E-state index contributed by atoms with van der Waals surface area (Å²) in [5, 5.41) is 3.16. The van der Waals surface area contributed by atoms with E-state index in [0.717, 1.165) is 76.0 Å². The lowest BCUT2D eigenvalue weighted by atomic mass is 9.80. The van der Waals surface area contributed by atoms with Crippen LogP contribution in [0.2, 0.25) is 0 Å². The molecule has 250 valence electrons. The fourth-order valence-corrected chi connectivity index (χ4v) is 8.11. The van der Waals surface area contributed by atoms with Gasteiger partial charge in [-0.05, 0) is 74.6 Å². The van der Waals surface area contributed by atoms with Gasteiger partial charge in [-0.25, -0.2) is 4.79 Å². The number of benzene rings is 2. The number of unbranched alkanes of at least 4 members (excludes halogenated alkanes) is 1. The molecular formula is C38H54N3O4P. The maximum Gasteiger partial charge on any atom is 0.328 e. The van der Waals surface area contributed by atoms with Crippen LogP contribution in [0.15, 0.2) is 66.4 Å². The van der Waals surface area contributed by atoms with Gasteiger partial charge in [0.25, 0.3) is 0 Å². The lowest BCUT2D eigenvalue weighted by Crippen LogP contribution is -2.49. The Morgan fingerprint density at radius 2 is 1.72 bits per heavy atom. The van der Waals surface area contributed by atoms with Crippen molar-refractivity contribution in [3.63, 3.8) is 0 Å². The molecule has 1 aliphatic carbocycles. The van der Waals surface area contributed by atoms with E-state index in [9.17, 15) is 14.4 Å². The Hall–Kier alpha value is -3.18. The van der Waals surface area contributed by atoms with E-state index in [0.29, 0.717) is 13.0 Å². The van der Waals surface area contributed by atoms with E-state index in [-0.39, 0.29) is 36.0 Å². The topological polar surface area (TPSA) is 79.0 Å². The van der Waals surface area contributed by atoms with Crippen molar-refractivity contribution in [2.75, 3.05) is 30.4 Å². The van der Waals surface area contributed by atoms with Gasteiger partial charge < -0.3 is 19.9 Å². The first-order chi connectivity index (χ1) is 22.3. The Bertz CT molecular complexity index is 1310. The number of ether oxygens (including phenoxy) is 1. The van der Waals surface area contributed by atoms with Gasteiger partial charge in [0.1, 0.15) is 12.2 Å². The van der Waals surface area contributed by atoms with Gasteiger partial charge in [0.05, 0.1) is 13.2 Å². The van der Waals surface area contributed by atoms with Crippen LogP contribution in [0.4, 0.5) is 5.69 Å². The first-order valence-corrected chi connectivity index (χ1v) is 18.8. The van der Waals surface area contributed by atoms with Gasteiger partial charge in [-0.15, -0.1) is 8.58 Å². The molecule has 0 spiro atoms. The second-order valence-electron chi connectivity index (χ2n) is 12.7. The van der Waals surface area contributed by atoms with Gasteiger partial charge in [0.2, 0.25) is 11.8 Å². The Labute approximate surface area is 278 Å². The number of hydrogen-bond donors (Lipinski definition) is 1. The number of rotatable bonds is 16. The number of carbonyl (C=O) groups excluding carboxylic acids is 3. The van der Waals surface area contributed by atoms with E-state index in [1.165, 1.54) is 25.2 Å². The minimum absolute atomic E-state index is 0.0112. The van der Waals surface area contributed by atoms with Crippen molar-refractivity contribution in [3.8, 4) is 0 Å². The Morgan fingerprint density at radius 1 is 1.00 bits per heavy atom. The second kappa shape index (κ2) is 17.7. The highest BCUT2D eigenvalue weighted by atomic mass is 31.1. The number of carbonyl (C=O) groups is 3. The molecule has 0 bridgehead atoms. The number of amides is 2. The maximum atomic E-state index is 13.9. The summed E-state index contributed by atoms with van der Waals surface area (Å²) in [6, 6.07) is 17.5. The quantitative estimate of drug-likeness (QED) is 0.115. The van der Waals surface area contributed by atoms with E-state index in [1.54, 1.807) is 13.8 Å². The molecule has 0 aromatic heterocycles. The predicted molar refractivity (Wildman–Crippen MR) is 189 cm³/mol. The van der Waals surface area contributed by atoms with Crippen LogP contribution in [0.3, 0.4) is 0 Å². The molecule has 2 fully saturated rings. The van der Waals surface area contributed by atoms with E-state index in [1.807, 2.05) is 35.2 Å². The number of allylic oxidation sites excluding steroid dienone is 1. The zero-order valence-electron chi connectivity index (χ0n) is 28.4. The summed E-state index contributed by atoms with van der Waals surface area (Å²) >= 11 is 0. The van der Waals surface area contributed by atoms with Crippen molar-refractivity contribution < 1.29 is 19.1 Å². The van der Waals surface area contributed by atoms with Crippen LogP contribution in [0.1, 0.15) is 103 Å². The van der Waals surface area contributed by atoms with Crippen molar-refractivity contribution in [1.29, 1.82) is 0 Å². The fraction of sp³-hybridized carbons (Fsp3) is 0.553. The molecule has 2 aromatic rings. The number of nitrogens with zero attached hydrogens (tertiary/aromatic N) is 2. The molecule has 2 amide bonds. The smallest absolute Gasteiger partial charge is 0.328 e. The third kappa shape index (κ3) is 9.00. The van der Waals surface area contributed by atoms with Crippen LogP contribution in [-0.2, 0) is 25.5 Å². The predicted octanol–water partition coefficient (Wildman–Crippen LogP) is 7.76. The Morgan fingerprint density at radius 3 is 2.35 bits per heavy atom. The molecule has 2 aliphatic rings. The molecule has 2 aromatic carbocycles. The van der Waals surface area contributed by atoms with E-state index >= 15 is 0 Å². The summed E-state index contributed by atoms with van der Waals surface area (Å²) in [5.41, 5.74) is 3.67. The molecule has 0 radical (unpaired) electrons. The molecule has 7 nitrogen and oxygen atoms in total. The molecule has 3 atom stereocenters. The van der Waals surface area contributed by atoms with E-state index in [4.69, 9.17) is 4.74 Å². The monoisotopic (exact) mass is 647 g/mol. The van der Waals surface area contributed by atoms with Gasteiger partial charge in [-0.1, -0.05) is 88.1 Å². The third-order valence-corrected chi connectivity index (χ3v) is 10.9. The lowest BCUT2D eigenvalue weighted by Gasteiger charge is -2.32. The van der Waals surface area contributed by atoms with Crippen LogP contribution < -0.4 is 10.2 Å². The van der Waals surface area contributed by atoms with Crippen LogP contribution in [0.25, 0.3) is 0 Å². The molecule has 1 heterocycles. The molecule has 1 aliphatic heterocycles. The lowest BCUT2D eigenvalue weighted by molar-refractivity contribution is -0.148. The molecule has 1 saturated heterocycles. The molecule has 4 rings (SSSR count). The third-order valence-electron chi connectivity index (χ3n) is 9.38. The van der Waals surface area contributed by atoms with E-state index < -0.39 is 6.04 Å². The van der Waals surface area contributed by atoms with Crippen LogP contribution in [0.5, 0.6) is 0 Å². The fourth-order valence-electron chi connectivity index (χ4n) is 7.01. The molecule has 46 heavy (non-hydrogen) atoms. The first kappa shape index (κ1) is 35.7. The van der Waals surface area contributed by atoms with Crippen molar-refractivity contribution in [2.24, 2.45) is 5.41 Å². The standard InChI is InChI=1S/C38H54N3O4P/c1-5-15-33-28-40(29(4)42)35(31-16-9-8-10-17-31)41(33)32-20-18-30(19-21-32)27-34(36(43)45-7-3)39-37(44)38(22-11-12-23-38)24-13-14-26-46-25-6-2/h8-10,15-21,34-35,46H,5-7,11-14,22-28H2,1-4H3,(H,39,44)/b33-15+. The summed E-state index contributed by atoms with van der Waals surface area (Å²) in [6.07, 6.45) is 14.0. The average Bonchev–Trinajstić information content (AvgIpc) is 3.70. The van der Waals surface area contributed by atoms with Crippen LogP contribution in [0, 0.1) is 5.41 Å². The average molecular weight is 648 g/mol. The van der Waals surface area contributed by atoms with Gasteiger partial charge in [-0.3, -0.25) is 9.59 Å². The highest BCUT2D eigenvalue weighted by molar-refractivity contribution is 7.37. The number of anilines is 1.